The van der Waals surface area contributed by atoms with Crippen LogP contribution in [0.5, 0.6) is 0 Å². The molecule has 1 aliphatic rings. The van der Waals surface area contributed by atoms with E-state index in [4.69, 9.17) is 37.6 Å². The van der Waals surface area contributed by atoms with Crippen molar-refractivity contribution < 1.29 is 32.1 Å². The summed E-state index contributed by atoms with van der Waals surface area (Å²) in [6, 6.07) is 0. The number of nitrogens with zero attached hydrogens (tertiary/aromatic N) is 1. The number of nitrogens with one attached hydrogen (secondary N) is 1. The third kappa shape index (κ3) is 7.09. The third-order valence-electron chi connectivity index (χ3n) is 4.48. The van der Waals surface area contributed by atoms with Crippen LogP contribution in [0.2, 0.25) is 0 Å². The number of halogens is 3. The van der Waals surface area contributed by atoms with Gasteiger partial charge in [0.15, 0.2) is 0 Å². The Morgan fingerprint density at radius 3 is 2.77 bits per heavy atom. The van der Waals surface area contributed by atoms with Crippen LogP contribution in [0.1, 0.15) is 44.4 Å². The van der Waals surface area contributed by atoms with Gasteiger partial charge in [-0.05, 0) is 6.42 Å². The van der Waals surface area contributed by atoms with E-state index in [9.17, 15) is 22.8 Å². The molecular weight excluding hydrogens is 441 g/mol. The molecule has 0 unspecified atom stereocenters. The SMILES string of the molecule is C#CCO[C@H]1C[C@H](n2cc(C(F)(F)F)c(=O)[nH]c2=O)O[C@@H]1COC(=S)OCCCCC. The van der Waals surface area contributed by atoms with Gasteiger partial charge in [-0.2, -0.15) is 13.2 Å². The third-order valence-corrected chi connectivity index (χ3v) is 4.71. The number of hydrogen-bond donors (Lipinski definition) is 1. The van der Waals surface area contributed by atoms with Gasteiger partial charge in [0, 0.05) is 24.8 Å². The van der Waals surface area contributed by atoms with Gasteiger partial charge in [0.2, 0.25) is 0 Å². The molecule has 172 valence electrons. The Hall–Kier alpha value is -2.36. The summed E-state index contributed by atoms with van der Waals surface area (Å²) in [5.74, 6) is 2.29. The van der Waals surface area contributed by atoms with Gasteiger partial charge < -0.3 is 18.9 Å². The first-order valence-corrected chi connectivity index (χ1v) is 10.0. The summed E-state index contributed by atoms with van der Waals surface area (Å²) in [7, 11) is 0. The molecule has 0 amide bonds. The van der Waals surface area contributed by atoms with Crippen LogP contribution >= 0.6 is 12.2 Å². The fourth-order valence-corrected chi connectivity index (χ4v) is 3.10. The predicted molar refractivity (Wildman–Crippen MR) is 107 cm³/mol. The maximum Gasteiger partial charge on any atom is 0.423 e. The van der Waals surface area contributed by atoms with Crippen molar-refractivity contribution in [3.63, 3.8) is 0 Å². The Morgan fingerprint density at radius 2 is 2.13 bits per heavy atom. The highest BCUT2D eigenvalue weighted by Gasteiger charge is 2.40. The second-order valence-corrected chi connectivity index (χ2v) is 7.08. The van der Waals surface area contributed by atoms with Crippen LogP contribution in [0.4, 0.5) is 13.2 Å². The number of rotatable bonds is 9. The van der Waals surface area contributed by atoms with Crippen molar-refractivity contribution in [2.75, 3.05) is 19.8 Å². The van der Waals surface area contributed by atoms with Gasteiger partial charge in [0.05, 0.1) is 12.7 Å². The summed E-state index contributed by atoms with van der Waals surface area (Å²) in [6.07, 6.45) is 0.886. The number of unbranched alkanes of at least 4 members (excludes halogenated alkanes) is 2. The van der Waals surface area contributed by atoms with E-state index in [-0.39, 0.29) is 24.9 Å². The quantitative estimate of drug-likeness (QED) is 0.341. The highest BCUT2D eigenvalue weighted by Crippen LogP contribution is 2.32. The van der Waals surface area contributed by atoms with E-state index in [0.717, 1.165) is 19.3 Å². The molecule has 0 aliphatic carbocycles. The molecule has 1 aromatic rings. The molecule has 31 heavy (non-hydrogen) atoms. The number of terminal acetylenes is 1. The smallest absolute Gasteiger partial charge is 0.423 e. The van der Waals surface area contributed by atoms with Crippen LogP contribution in [0.15, 0.2) is 15.8 Å². The van der Waals surface area contributed by atoms with Crippen LogP contribution in [0.3, 0.4) is 0 Å². The van der Waals surface area contributed by atoms with Crippen LogP contribution in [0, 0.1) is 12.3 Å². The number of hydrogen-bond acceptors (Lipinski definition) is 7. The Morgan fingerprint density at radius 1 is 1.39 bits per heavy atom. The number of aromatic amines is 1. The van der Waals surface area contributed by atoms with Gasteiger partial charge in [-0.25, -0.2) is 4.79 Å². The lowest BCUT2D eigenvalue weighted by molar-refractivity contribution is -0.139. The van der Waals surface area contributed by atoms with Crippen molar-refractivity contribution in [3.8, 4) is 12.3 Å². The molecule has 1 N–H and O–H groups in total. The molecule has 0 bridgehead atoms. The number of ether oxygens (including phenoxy) is 4. The molecule has 1 fully saturated rings. The average molecular weight is 464 g/mol. The minimum absolute atomic E-state index is 0.00305. The lowest BCUT2D eigenvalue weighted by Gasteiger charge is -2.19. The van der Waals surface area contributed by atoms with Gasteiger partial charge in [0.1, 0.15) is 31.1 Å². The molecule has 0 spiro atoms. The zero-order valence-corrected chi connectivity index (χ0v) is 17.6. The zero-order valence-electron chi connectivity index (χ0n) is 16.8. The summed E-state index contributed by atoms with van der Waals surface area (Å²) < 4.78 is 61.6. The Kier molecular flexibility index (Phi) is 9.09. The lowest BCUT2D eigenvalue weighted by Crippen LogP contribution is -2.36. The molecule has 0 aromatic carbocycles. The fraction of sp³-hybridized carbons (Fsp3) is 0.632. The first-order chi connectivity index (χ1) is 14.7. The summed E-state index contributed by atoms with van der Waals surface area (Å²) in [6.45, 7) is 2.24. The first kappa shape index (κ1) is 24.9. The highest BCUT2D eigenvalue weighted by atomic mass is 32.1. The number of alkyl halides is 3. The largest absolute Gasteiger partial charge is 0.457 e. The maximum absolute atomic E-state index is 13.1. The van der Waals surface area contributed by atoms with Gasteiger partial charge in [-0.15, -0.1) is 6.42 Å². The second kappa shape index (κ2) is 11.3. The van der Waals surface area contributed by atoms with Crippen molar-refractivity contribution >= 4 is 17.5 Å². The maximum atomic E-state index is 13.1. The van der Waals surface area contributed by atoms with E-state index in [1.54, 1.807) is 4.98 Å². The van der Waals surface area contributed by atoms with E-state index in [0.29, 0.717) is 17.4 Å². The first-order valence-electron chi connectivity index (χ1n) is 9.60. The molecule has 1 saturated heterocycles. The Balaban J connectivity index is 2.11. The van der Waals surface area contributed by atoms with Gasteiger partial charge in [-0.3, -0.25) is 14.3 Å². The van der Waals surface area contributed by atoms with Gasteiger partial charge in [-0.1, -0.05) is 25.7 Å². The average Bonchev–Trinajstić information content (AvgIpc) is 3.09. The number of thiocarbonyl (C=S) groups is 1. The van der Waals surface area contributed by atoms with Crippen LogP contribution < -0.4 is 11.2 Å². The molecular formula is C19H23F3N2O6S. The van der Waals surface area contributed by atoms with Crippen LogP contribution in [0.25, 0.3) is 0 Å². The van der Waals surface area contributed by atoms with Crippen molar-refractivity contribution in [2.24, 2.45) is 0 Å². The van der Waals surface area contributed by atoms with E-state index in [1.165, 1.54) is 0 Å². The predicted octanol–water partition coefficient (Wildman–Crippen LogP) is 2.37. The summed E-state index contributed by atoms with van der Waals surface area (Å²) in [5, 5.41) is -0.0978. The number of aromatic nitrogens is 2. The standard InChI is InChI=1S/C19H23F3N2O6S/c1-3-5-6-8-28-18(31)29-11-14-13(27-7-4-2)9-15(30-14)24-10-12(19(20,21)22)16(25)23-17(24)26/h2,10,13-15H,3,5-9,11H2,1H3,(H,23,25,26)/t13-,14+,15+/m0/s1. The van der Waals surface area contributed by atoms with Crippen molar-refractivity contribution in [1.29, 1.82) is 0 Å². The second-order valence-electron chi connectivity index (χ2n) is 6.74. The molecule has 1 aliphatic heterocycles. The minimum atomic E-state index is -4.94. The summed E-state index contributed by atoms with van der Waals surface area (Å²) >= 11 is 4.99. The molecule has 3 atom stereocenters. The van der Waals surface area contributed by atoms with E-state index in [1.807, 2.05) is 6.92 Å². The molecule has 8 nitrogen and oxygen atoms in total. The Bertz CT molecular complexity index is 908. The van der Waals surface area contributed by atoms with Crippen LogP contribution in [-0.4, -0.2) is 46.8 Å². The molecule has 2 rings (SSSR count). The van der Waals surface area contributed by atoms with E-state index < -0.39 is 41.4 Å². The summed E-state index contributed by atoms with van der Waals surface area (Å²) in [5.41, 5.74) is -4.09. The van der Waals surface area contributed by atoms with E-state index in [2.05, 4.69) is 5.92 Å². The topological polar surface area (TPSA) is 91.8 Å². The molecule has 0 saturated carbocycles. The van der Waals surface area contributed by atoms with Crippen molar-refractivity contribution in [3.05, 3.63) is 32.6 Å². The highest BCUT2D eigenvalue weighted by molar-refractivity contribution is 7.79. The number of H-pyrrole nitrogens is 1. The van der Waals surface area contributed by atoms with Gasteiger partial charge >= 0.3 is 17.1 Å². The van der Waals surface area contributed by atoms with Crippen LogP contribution in [-0.2, 0) is 25.1 Å². The van der Waals surface area contributed by atoms with Gasteiger partial charge in [0.25, 0.3) is 5.56 Å². The fourth-order valence-electron chi connectivity index (χ4n) is 2.95. The molecule has 12 heteroatoms. The molecule has 0 radical (unpaired) electrons. The normalized spacial score (nSPS) is 20.9. The van der Waals surface area contributed by atoms with E-state index >= 15 is 0 Å². The van der Waals surface area contributed by atoms with Crippen molar-refractivity contribution in [2.45, 2.75) is 57.2 Å². The minimum Gasteiger partial charge on any atom is -0.457 e. The lowest BCUT2D eigenvalue weighted by atomic mass is 10.2. The molecule has 2 heterocycles. The summed E-state index contributed by atoms with van der Waals surface area (Å²) in [4.78, 5) is 25.2. The molecule has 1 aromatic heterocycles. The Labute approximate surface area is 181 Å². The zero-order chi connectivity index (χ0) is 23.0. The monoisotopic (exact) mass is 464 g/mol. The van der Waals surface area contributed by atoms with Crippen molar-refractivity contribution in [1.82, 2.24) is 9.55 Å².